The van der Waals surface area contributed by atoms with Crippen molar-refractivity contribution in [3.8, 4) is 11.5 Å². The fraction of sp³-hybridized carbons (Fsp3) is 0.278. The third-order valence-corrected chi connectivity index (χ3v) is 3.31. The summed E-state index contributed by atoms with van der Waals surface area (Å²) < 4.78 is 23.2. The van der Waals surface area contributed by atoms with Crippen LogP contribution in [0.4, 0.5) is 4.39 Å². The summed E-state index contributed by atoms with van der Waals surface area (Å²) in [6.07, 6.45) is 1.09. The first-order chi connectivity index (χ1) is 11.2. The number of halogens is 1. The molecule has 0 saturated heterocycles. The van der Waals surface area contributed by atoms with Gasteiger partial charge in [0.25, 0.3) is 0 Å². The van der Waals surface area contributed by atoms with Gasteiger partial charge in [-0.15, -0.1) is 0 Å². The van der Waals surface area contributed by atoms with Gasteiger partial charge in [0.05, 0.1) is 13.7 Å². The maximum Gasteiger partial charge on any atom is 0.220 e. The smallest absolute Gasteiger partial charge is 0.220 e. The molecule has 2 aromatic rings. The largest absolute Gasteiger partial charge is 0.497 e. The van der Waals surface area contributed by atoms with E-state index in [1.807, 2.05) is 24.3 Å². The van der Waals surface area contributed by atoms with Gasteiger partial charge in [0.1, 0.15) is 23.9 Å². The molecular formula is C18H20FNO3. The molecule has 23 heavy (non-hydrogen) atoms. The summed E-state index contributed by atoms with van der Waals surface area (Å²) in [5.41, 5.74) is 1.09. The molecule has 4 nitrogen and oxygen atoms in total. The molecule has 2 aromatic carbocycles. The first-order valence-corrected chi connectivity index (χ1v) is 7.45. The van der Waals surface area contributed by atoms with Crippen molar-refractivity contribution in [2.24, 2.45) is 0 Å². The normalized spacial score (nSPS) is 10.2. The lowest BCUT2D eigenvalue weighted by molar-refractivity contribution is -0.121. The van der Waals surface area contributed by atoms with Crippen LogP contribution in [0.25, 0.3) is 0 Å². The van der Waals surface area contributed by atoms with Gasteiger partial charge in [-0.25, -0.2) is 4.39 Å². The van der Waals surface area contributed by atoms with E-state index in [-0.39, 0.29) is 11.7 Å². The van der Waals surface area contributed by atoms with Crippen LogP contribution in [0.2, 0.25) is 0 Å². The molecule has 0 radical (unpaired) electrons. The third-order valence-electron chi connectivity index (χ3n) is 3.31. The number of hydrogen-bond donors (Lipinski definition) is 1. The number of methoxy groups -OCH3 is 1. The highest BCUT2D eigenvalue weighted by Crippen LogP contribution is 2.12. The molecule has 0 saturated carbocycles. The van der Waals surface area contributed by atoms with E-state index < -0.39 is 0 Å². The summed E-state index contributed by atoms with van der Waals surface area (Å²) in [7, 11) is 1.62. The standard InChI is InChI=1S/C18H20FNO3/c1-22-16-7-2-14(3-8-16)4-11-18(21)20-12-13-23-17-9-5-15(19)6-10-17/h2-3,5-10H,4,11-13H2,1H3,(H,20,21). The van der Waals surface area contributed by atoms with Gasteiger partial charge < -0.3 is 14.8 Å². The summed E-state index contributed by atoms with van der Waals surface area (Å²) in [6.45, 7) is 0.763. The molecule has 5 heteroatoms. The Bertz CT molecular complexity index is 611. The highest BCUT2D eigenvalue weighted by molar-refractivity contribution is 5.76. The molecule has 0 aromatic heterocycles. The van der Waals surface area contributed by atoms with Crippen LogP contribution < -0.4 is 14.8 Å². The zero-order valence-corrected chi connectivity index (χ0v) is 13.0. The van der Waals surface area contributed by atoms with Gasteiger partial charge in [0.15, 0.2) is 0 Å². The monoisotopic (exact) mass is 317 g/mol. The van der Waals surface area contributed by atoms with Crippen LogP contribution >= 0.6 is 0 Å². The number of amides is 1. The van der Waals surface area contributed by atoms with Crippen molar-refractivity contribution in [1.82, 2.24) is 5.32 Å². The van der Waals surface area contributed by atoms with Crippen molar-refractivity contribution in [2.45, 2.75) is 12.8 Å². The van der Waals surface area contributed by atoms with Gasteiger partial charge in [0.2, 0.25) is 5.91 Å². The lowest BCUT2D eigenvalue weighted by Crippen LogP contribution is -2.28. The predicted octanol–water partition coefficient (Wildman–Crippen LogP) is 2.96. The molecule has 0 fully saturated rings. The molecule has 0 unspecified atom stereocenters. The molecule has 122 valence electrons. The summed E-state index contributed by atoms with van der Waals surface area (Å²) in [5, 5.41) is 2.79. The molecule has 0 atom stereocenters. The summed E-state index contributed by atoms with van der Waals surface area (Å²) in [6, 6.07) is 13.4. The molecule has 1 N–H and O–H groups in total. The molecule has 0 aliphatic carbocycles. The SMILES string of the molecule is COc1ccc(CCC(=O)NCCOc2ccc(F)cc2)cc1. The summed E-state index contributed by atoms with van der Waals surface area (Å²) in [5.74, 6) is 1.06. The molecule has 2 rings (SSSR count). The van der Waals surface area contributed by atoms with Crippen molar-refractivity contribution in [3.05, 3.63) is 59.9 Å². The first kappa shape index (κ1) is 16.8. The highest BCUT2D eigenvalue weighted by Gasteiger charge is 2.02. The Balaban J connectivity index is 1.62. The van der Waals surface area contributed by atoms with Crippen LogP contribution in [0.3, 0.4) is 0 Å². The predicted molar refractivity (Wildman–Crippen MR) is 86.2 cm³/mol. The van der Waals surface area contributed by atoms with E-state index in [4.69, 9.17) is 9.47 Å². The Morgan fingerprint density at radius 3 is 2.35 bits per heavy atom. The van der Waals surface area contributed by atoms with Crippen LogP contribution in [0.5, 0.6) is 11.5 Å². The van der Waals surface area contributed by atoms with Gasteiger partial charge in [-0.3, -0.25) is 4.79 Å². The maximum absolute atomic E-state index is 12.7. The lowest BCUT2D eigenvalue weighted by Gasteiger charge is -2.08. The van der Waals surface area contributed by atoms with Crippen molar-refractivity contribution < 1.29 is 18.7 Å². The second-order valence-corrected chi connectivity index (χ2v) is 5.00. The number of carbonyl (C=O) groups is 1. The number of hydrogen-bond acceptors (Lipinski definition) is 3. The van der Waals surface area contributed by atoms with Crippen LogP contribution in [0.1, 0.15) is 12.0 Å². The zero-order valence-electron chi connectivity index (χ0n) is 13.0. The van der Waals surface area contributed by atoms with E-state index in [1.165, 1.54) is 12.1 Å². The average molecular weight is 317 g/mol. The van der Waals surface area contributed by atoms with Crippen LogP contribution in [-0.2, 0) is 11.2 Å². The van der Waals surface area contributed by atoms with Gasteiger partial charge in [-0.05, 0) is 48.4 Å². The minimum Gasteiger partial charge on any atom is -0.497 e. The minimum atomic E-state index is -0.302. The van der Waals surface area contributed by atoms with Crippen molar-refractivity contribution in [2.75, 3.05) is 20.3 Å². The lowest BCUT2D eigenvalue weighted by atomic mass is 10.1. The van der Waals surface area contributed by atoms with Crippen molar-refractivity contribution >= 4 is 5.91 Å². The Morgan fingerprint density at radius 2 is 1.70 bits per heavy atom. The molecular weight excluding hydrogens is 297 g/mol. The van der Waals surface area contributed by atoms with Gasteiger partial charge in [-0.1, -0.05) is 12.1 Å². The second kappa shape index (κ2) is 8.78. The van der Waals surface area contributed by atoms with E-state index in [0.29, 0.717) is 31.7 Å². The number of ether oxygens (including phenoxy) is 2. The van der Waals surface area contributed by atoms with Crippen LogP contribution in [0, 0.1) is 5.82 Å². The van der Waals surface area contributed by atoms with E-state index in [0.717, 1.165) is 11.3 Å². The minimum absolute atomic E-state index is 0.0245. The zero-order chi connectivity index (χ0) is 16.5. The Hall–Kier alpha value is -2.56. The third kappa shape index (κ3) is 5.98. The van der Waals surface area contributed by atoms with Crippen LogP contribution in [-0.4, -0.2) is 26.2 Å². The number of aryl methyl sites for hydroxylation is 1. The second-order valence-electron chi connectivity index (χ2n) is 5.00. The average Bonchev–Trinajstić information content (AvgIpc) is 2.59. The fourth-order valence-electron chi connectivity index (χ4n) is 2.03. The van der Waals surface area contributed by atoms with Gasteiger partial charge in [-0.2, -0.15) is 0 Å². The van der Waals surface area contributed by atoms with Gasteiger partial charge in [0, 0.05) is 6.42 Å². The summed E-state index contributed by atoms with van der Waals surface area (Å²) >= 11 is 0. The Labute approximate surface area is 135 Å². The number of carbonyl (C=O) groups excluding carboxylic acids is 1. The molecule has 1 amide bonds. The van der Waals surface area contributed by atoms with E-state index in [2.05, 4.69) is 5.32 Å². The quantitative estimate of drug-likeness (QED) is 0.762. The van der Waals surface area contributed by atoms with Crippen LogP contribution in [0.15, 0.2) is 48.5 Å². The first-order valence-electron chi connectivity index (χ1n) is 7.45. The number of nitrogens with one attached hydrogen (secondary N) is 1. The van der Waals surface area contributed by atoms with Crippen molar-refractivity contribution in [3.63, 3.8) is 0 Å². The summed E-state index contributed by atoms with van der Waals surface area (Å²) in [4.78, 5) is 11.8. The fourth-order valence-corrected chi connectivity index (χ4v) is 2.03. The van der Waals surface area contributed by atoms with Gasteiger partial charge >= 0.3 is 0 Å². The molecule has 0 spiro atoms. The molecule has 0 bridgehead atoms. The number of rotatable bonds is 8. The Morgan fingerprint density at radius 1 is 1.04 bits per heavy atom. The highest BCUT2D eigenvalue weighted by atomic mass is 19.1. The number of benzene rings is 2. The molecule has 0 aliphatic rings. The topological polar surface area (TPSA) is 47.6 Å². The van der Waals surface area contributed by atoms with E-state index in [9.17, 15) is 9.18 Å². The van der Waals surface area contributed by atoms with E-state index in [1.54, 1.807) is 19.2 Å². The molecule has 0 aliphatic heterocycles. The maximum atomic E-state index is 12.7. The Kier molecular flexibility index (Phi) is 6.41. The molecule has 0 heterocycles. The van der Waals surface area contributed by atoms with E-state index >= 15 is 0 Å². The van der Waals surface area contributed by atoms with Crippen molar-refractivity contribution in [1.29, 1.82) is 0 Å².